The molecule has 2 rings (SSSR count). The molecule has 10 atom stereocenters. The van der Waals surface area contributed by atoms with Crippen molar-refractivity contribution in [3.63, 3.8) is 0 Å². The monoisotopic (exact) mass is 367 g/mol. The molecule has 146 valence electrons. The van der Waals surface area contributed by atoms with Gasteiger partial charge >= 0.3 is 0 Å². The van der Waals surface area contributed by atoms with Crippen molar-refractivity contribution in [2.45, 2.75) is 75.2 Å². The predicted octanol–water partition coefficient (Wildman–Crippen LogP) is -4.23. The summed E-state index contributed by atoms with van der Waals surface area (Å²) in [6.45, 7) is 2.01. The van der Waals surface area contributed by atoms with Crippen LogP contribution in [0.15, 0.2) is 0 Å². The fourth-order valence-corrected chi connectivity index (χ4v) is 2.92. The first-order chi connectivity index (χ1) is 11.7. The quantitative estimate of drug-likeness (QED) is 0.257. The van der Waals surface area contributed by atoms with Crippen LogP contribution < -0.4 is 5.32 Å². The summed E-state index contributed by atoms with van der Waals surface area (Å²) in [6, 6.07) is -1.24. The summed E-state index contributed by atoms with van der Waals surface area (Å²) in [4.78, 5) is 11.2. The number of aliphatic hydroxyl groups is 6. The molecule has 0 aromatic rings. The van der Waals surface area contributed by atoms with Gasteiger partial charge in [0.1, 0.15) is 42.7 Å². The zero-order chi connectivity index (χ0) is 18.9. The predicted molar refractivity (Wildman–Crippen MR) is 78.8 cm³/mol. The third-order valence-corrected chi connectivity index (χ3v) is 4.34. The van der Waals surface area contributed by atoms with E-state index in [4.69, 9.17) is 14.2 Å². The molecule has 0 spiro atoms. The number of hydrogen-bond acceptors (Lipinski definition) is 10. The van der Waals surface area contributed by atoms with E-state index in [0.717, 1.165) is 0 Å². The number of aliphatic hydroxyl groups excluding tert-OH is 6. The molecular formula is C14H25NO10. The summed E-state index contributed by atoms with van der Waals surface area (Å²) < 4.78 is 15.9. The van der Waals surface area contributed by atoms with Crippen LogP contribution in [-0.4, -0.2) is 105 Å². The number of nitrogens with one attached hydrogen (secondary N) is 1. The van der Waals surface area contributed by atoms with Crippen LogP contribution in [0.3, 0.4) is 0 Å². The fraction of sp³-hybridized carbons (Fsp3) is 0.929. The molecule has 0 aromatic carbocycles. The van der Waals surface area contributed by atoms with Gasteiger partial charge in [-0.2, -0.15) is 0 Å². The Bertz CT molecular complexity index is 465. The van der Waals surface area contributed by atoms with Gasteiger partial charge in [0.25, 0.3) is 0 Å². The molecule has 1 amide bonds. The molecular weight excluding hydrogens is 342 g/mol. The standard InChI is InChI=1S/C14H25NO10/c1-4-8(18)10(20)11(21)14(23-4)25-12-6(3-16)24-13(22)7(9(12)19)15-5(2)17/h4,6-14,16,18-22H,3H2,1-2H3,(H,15,17)/t4-,6+,7+,8+,9+,10+,11-,12+,13?,14?/m0/s1. The summed E-state index contributed by atoms with van der Waals surface area (Å²) in [5.41, 5.74) is 0. The average Bonchev–Trinajstić information content (AvgIpc) is 2.56. The van der Waals surface area contributed by atoms with E-state index < -0.39 is 73.9 Å². The van der Waals surface area contributed by atoms with E-state index in [0.29, 0.717) is 0 Å². The molecule has 7 N–H and O–H groups in total. The van der Waals surface area contributed by atoms with Crippen LogP contribution in [0.25, 0.3) is 0 Å². The third kappa shape index (κ3) is 4.27. The molecule has 2 fully saturated rings. The van der Waals surface area contributed by atoms with Crippen LogP contribution in [-0.2, 0) is 19.0 Å². The molecule has 11 heteroatoms. The van der Waals surface area contributed by atoms with E-state index in [1.807, 2.05) is 0 Å². The van der Waals surface area contributed by atoms with Gasteiger partial charge in [-0.25, -0.2) is 0 Å². The third-order valence-electron chi connectivity index (χ3n) is 4.34. The molecule has 0 radical (unpaired) electrons. The second-order valence-corrected chi connectivity index (χ2v) is 6.25. The number of hydrogen-bond donors (Lipinski definition) is 7. The van der Waals surface area contributed by atoms with E-state index >= 15 is 0 Å². The van der Waals surface area contributed by atoms with Crippen LogP contribution in [0.1, 0.15) is 13.8 Å². The summed E-state index contributed by atoms with van der Waals surface area (Å²) in [6.07, 6.45) is -12.3. The highest BCUT2D eigenvalue weighted by atomic mass is 16.7. The fourth-order valence-electron chi connectivity index (χ4n) is 2.92. The average molecular weight is 367 g/mol. The SMILES string of the molecule is CC(=O)N[C@H]1C(O)O[C@H](CO)[C@@H](OC2O[C@@H](C)[C@@H](O)[C@@H](O)[C@@H]2O)[C@@H]1O. The molecule has 0 saturated carbocycles. The van der Waals surface area contributed by atoms with Crippen molar-refractivity contribution in [1.82, 2.24) is 5.32 Å². The van der Waals surface area contributed by atoms with E-state index in [-0.39, 0.29) is 0 Å². The largest absolute Gasteiger partial charge is 0.394 e. The van der Waals surface area contributed by atoms with E-state index in [9.17, 15) is 35.4 Å². The highest BCUT2D eigenvalue weighted by Gasteiger charge is 2.50. The van der Waals surface area contributed by atoms with Gasteiger partial charge in [-0.1, -0.05) is 0 Å². The molecule has 11 nitrogen and oxygen atoms in total. The minimum atomic E-state index is -1.62. The zero-order valence-electron chi connectivity index (χ0n) is 13.8. The summed E-state index contributed by atoms with van der Waals surface area (Å²) >= 11 is 0. The van der Waals surface area contributed by atoms with Crippen LogP contribution in [0.5, 0.6) is 0 Å². The normalized spacial score (nSPS) is 48.2. The van der Waals surface area contributed by atoms with E-state index in [1.54, 1.807) is 0 Å². The Hall–Kier alpha value is -0.890. The number of carbonyl (C=O) groups excluding carboxylic acids is 1. The topological polar surface area (TPSA) is 178 Å². The lowest BCUT2D eigenvalue weighted by Crippen LogP contribution is -2.66. The van der Waals surface area contributed by atoms with Gasteiger partial charge < -0.3 is 50.2 Å². The Morgan fingerprint density at radius 3 is 2.24 bits per heavy atom. The number of ether oxygens (including phenoxy) is 3. The second kappa shape index (κ2) is 8.20. The molecule has 2 aliphatic rings. The van der Waals surface area contributed by atoms with Gasteiger partial charge in [0.2, 0.25) is 5.91 Å². The van der Waals surface area contributed by atoms with Gasteiger partial charge in [-0.15, -0.1) is 0 Å². The van der Waals surface area contributed by atoms with Crippen molar-refractivity contribution in [3.05, 3.63) is 0 Å². The second-order valence-electron chi connectivity index (χ2n) is 6.25. The Balaban J connectivity index is 2.15. The van der Waals surface area contributed by atoms with Crippen molar-refractivity contribution in [1.29, 1.82) is 0 Å². The number of carbonyl (C=O) groups is 1. The lowest BCUT2D eigenvalue weighted by atomic mass is 9.95. The van der Waals surface area contributed by atoms with Crippen molar-refractivity contribution in [2.24, 2.45) is 0 Å². The Labute approximate surface area is 143 Å². The van der Waals surface area contributed by atoms with Crippen molar-refractivity contribution in [2.75, 3.05) is 6.61 Å². The van der Waals surface area contributed by atoms with Gasteiger partial charge in [-0.3, -0.25) is 4.79 Å². The minimum absolute atomic E-state index is 0.533. The lowest BCUT2D eigenvalue weighted by molar-refractivity contribution is -0.341. The molecule has 2 heterocycles. The van der Waals surface area contributed by atoms with Crippen LogP contribution >= 0.6 is 0 Å². The molecule has 2 saturated heterocycles. The van der Waals surface area contributed by atoms with Gasteiger partial charge in [0, 0.05) is 6.92 Å². The molecule has 0 aromatic heterocycles. The highest BCUT2D eigenvalue weighted by molar-refractivity contribution is 5.73. The molecule has 0 bridgehead atoms. The number of rotatable bonds is 4. The maximum atomic E-state index is 11.2. The zero-order valence-corrected chi connectivity index (χ0v) is 13.8. The van der Waals surface area contributed by atoms with Crippen LogP contribution in [0.2, 0.25) is 0 Å². The Morgan fingerprint density at radius 1 is 1.04 bits per heavy atom. The van der Waals surface area contributed by atoms with Crippen LogP contribution in [0, 0.1) is 0 Å². The highest BCUT2D eigenvalue weighted by Crippen LogP contribution is 2.28. The van der Waals surface area contributed by atoms with Gasteiger partial charge in [0.15, 0.2) is 12.6 Å². The van der Waals surface area contributed by atoms with E-state index in [2.05, 4.69) is 5.32 Å². The first kappa shape index (κ1) is 20.4. The van der Waals surface area contributed by atoms with Gasteiger partial charge in [-0.05, 0) is 6.92 Å². The Morgan fingerprint density at radius 2 is 1.68 bits per heavy atom. The summed E-state index contributed by atoms with van der Waals surface area (Å²) in [7, 11) is 0. The maximum Gasteiger partial charge on any atom is 0.217 e. The van der Waals surface area contributed by atoms with Crippen molar-refractivity contribution in [3.8, 4) is 0 Å². The number of amides is 1. The molecule has 2 unspecified atom stereocenters. The Kier molecular flexibility index (Phi) is 6.70. The van der Waals surface area contributed by atoms with Gasteiger partial charge in [0.05, 0.1) is 12.7 Å². The molecule has 25 heavy (non-hydrogen) atoms. The molecule has 0 aliphatic carbocycles. The molecule has 2 aliphatic heterocycles. The first-order valence-electron chi connectivity index (χ1n) is 7.92. The first-order valence-corrected chi connectivity index (χ1v) is 7.92. The van der Waals surface area contributed by atoms with E-state index in [1.165, 1.54) is 13.8 Å². The van der Waals surface area contributed by atoms with Crippen LogP contribution in [0.4, 0.5) is 0 Å². The lowest BCUT2D eigenvalue weighted by Gasteiger charge is -2.46. The van der Waals surface area contributed by atoms with Crippen molar-refractivity contribution < 1.29 is 49.6 Å². The summed E-state index contributed by atoms with van der Waals surface area (Å²) in [5.74, 6) is -0.533. The maximum absolute atomic E-state index is 11.2. The smallest absolute Gasteiger partial charge is 0.217 e. The summed E-state index contributed by atoms with van der Waals surface area (Å²) in [5, 5.41) is 61.5. The van der Waals surface area contributed by atoms with Crippen molar-refractivity contribution >= 4 is 5.91 Å². The minimum Gasteiger partial charge on any atom is -0.394 e.